The Balaban J connectivity index is 1.24. The molecule has 26 heteroatoms. The van der Waals surface area contributed by atoms with E-state index in [1.807, 2.05) is 0 Å². The first-order valence-corrected chi connectivity index (χ1v) is 21.2. The minimum Gasteiger partial charge on any atom is -0.507 e. The molecule has 68 heavy (non-hydrogen) atoms. The van der Waals surface area contributed by atoms with Gasteiger partial charge in [0.25, 0.3) is 0 Å². The van der Waals surface area contributed by atoms with Gasteiger partial charge in [0.15, 0.2) is 41.9 Å². The average molecular weight is 975 g/mol. The lowest BCUT2D eigenvalue weighted by molar-refractivity contribution is -0.390. The van der Waals surface area contributed by atoms with Crippen molar-refractivity contribution >= 4 is 16.9 Å². The molecular weight excluding hydrogens is 920 g/mol. The molecule has 20 atom stereocenters. The fourth-order valence-corrected chi connectivity index (χ4v) is 8.04. The molecule has 0 amide bonds. The number of hydrogen-bond donors (Lipinski definition) is 13. The van der Waals surface area contributed by atoms with E-state index in [9.17, 15) is 76.0 Å². The Bertz CT molecular complexity index is 2260. The van der Waals surface area contributed by atoms with Gasteiger partial charge in [-0.3, -0.25) is 9.59 Å². The molecule has 26 nitrogen and oxygen atoms in total. The van der Waals surface area contributed by atoms with Crippen LogP contribution in [0.5, 0.6) is 23.0 Å². The zero-order valence-corrected chi connectivity index (χ0v) is 36.3. The zero-order chi connectivity index (χ0) is 49.5. The Labute approximate surface area is 384 Å². The van der Waals surface area contributed by atoms with Gasteiger partial charge in [-0.2, -0.15) is 0 Å². The second-order valence-electron chi connectivity index (χ2n) is 16.6. The first kappa shape index (κ1) is 51.5. The maximum Gasteiger partial charge on any atom is 0.302 e. The topological polar surface area (TPSA) is 403 Å². The second-order valence-corrected chi connectivity index (χ2v) is 16.6. The molecule has 1 aromatic heterocycles. The van der Waals surface area contributed by atoms with Gasteiger partial charge in [-0.1, -0.05) is 0 Å². The Morgan fingerprint density at radius 3 is 1.87 bits per heavy atom. The number of rotatable bonds is 14. The Morgan fingerprint density at radius 2 is 1.22 bits per heavy atom. The highest BCUT2D eigenvalue weighted by atomic mass is 16.8. The number of benzene rings is 2. The van der Waals surface area contributed by atoms with Crippen LogP contribution in [0.2, 0.25) is 0 Å². The molecule has 0 radical (unpaired) electrons. The highest BCUT2D eigenvalue weighted by molar-refractivity contribution is 5.86. The van der Waals surface area contributed by atoms with Crippen LogP contribution in [0.25, 0.3) is 22.3 Å². The molecule has 0 spiro atoms. The summed E-state index contributed by atoms with van der Waals surface area (Å²) in [6.45, 7) is 0.109. The smallest absolute Gasteiger partial charge is 0.302 e. The molecule has 13 N–H and O–H groups in total. The standard InChI is InChI=1S/C42H54O26/c1-13-27(48)31(52)35(56)39(61-13)60-12-25-30(51)33(54)37(41(65-25)62-16-7-18(46)26-19(47)9-21(63-22(26)8-16)15-4-5-20(58-3)17(45)6-15)68-42-38(34(55)29(50)24(66-42)11-59-14(2)44)67-40-36(57)32(53)28(49)23(10-43)64-40/h4-9,13,23-25,27-43,45-46,48-57H,10-12H2,1-3H3/t13-,23+,24+,25+,27-,28+,29+,30+,31+,32-,33-,34-,35+,36+,37+,38+,39+,40-,41+,42-/m0/s1. The van der Waals surface area contributed by atoms with Crippen molar-refractivity contribution in [2.75, 3.05) is 26.9 Å². The van der Waals surface area contributed by atoms with Crippen molar-refractivity contribution in [2.45, 2.75) is 137 Å². The van der Waals surface area contributed by atoms with Gasteiger partial charge in [-0.25, -0.2) is 0 Å². The first-order valence-electron chi connectivity index (χ1n) is 21.2. The van der Waals surface area contributed by atoms with Crippen LogP contribution >= 0.6 is 0 Å². The van der Waals surface area contributed by atoms with E-state index in [1.165, 1.54) is 32.2 Å². The number of aliphatic hydroxyl groups excluding tert-OH is 11. The van der Waals surface area contributed by atoms with Crippen molar-refractivity contribution < 1.29 is 123 Å². The molecule has 4 aliphatic heterocycles. The number of methoxy groups -OCH3 is 1. The van der Waals surface area contributed by atoms with Gasteiger partial charge in [0, 0.05) is 30.7 Å². The molecule has 7 rings (SSSR count). The summed E-state index contributed by atoms with van der Waals surface area (Å²) in [5.41, 5.74) is -0.790. The van der Waals surface area contributed by atoms with Gasteiger partial charge in [0.2, 0.25) is 6.29 Å². The maximum atomic E-state index is 13.3. The van der Waals surface area contributed by atoms with E-state index in [-0.39, 0.29) is 39.5 Å². The number of phenolic OH excluding ortho intramolecular Hbond substituents is 2. The molecule has 4 aliphatic rings. The fourth-order valence-electron chi connectivity index (χ4n) is 8.04. The highest BCUT2D eigenvalue weighted by Gasteiger charge is 2.55. The number of phenols is 2. The molecule has 0 bridgehead atoms. The number of aromatic hydroxyl groups is 2. The number of aliphatic hydroxyl groups is 11. The number of ether oxygens (including phenoxy) is 10. The summed E-state index contributed by atoms with van der Waals surface area (Å²) in [4.78, 5) is 25.1. The Hall–Kier alpha value is -4.40. The lowest BCUT2D eigenvalue weighted by Gasteiger charge is -2.48. The number of esters is 1. The molecule has 3 aromatic rings. The van der Waals surface area contributed by atoms with E-state index >= 15 is 0 Å². The first-order chi connectivity index (χ1) is 32.2. The molecule has 4 fully saturated rings. The van der Waals surface area contributed by atoms with Crippen LogP contribution in [0.1, 0.15) is 13.8 Å². The summed E-state index contributed by atoms with van der Waals surface area (Å²) < 4.78 is 62.6. The quantitative estimate of drug-likeness (QED) is 0.0674. The van der Waals surface area contributed by atoms with Crippen LogP contribution in [-0.4, -0.2) is 222 Å². The minimum atomic E-state index is -2.14. The zero-order valence-electron chi connectivity index (χ0n) is 36.3. The van der Waals surface area contributed by atoms with E-state index in [2.05, 4.69) is 0 Å². The predicted molar refractivity (Wildman–Crippen MR) is 218 cm³/mol. The molecule has 378 valence electrons. The molecule has 0 unspecified atom stereocenters. The van der Waals surface area contributed by atoms with Crippen LogP contribution in [0.4, 0.5) is 0 Å². The summed E-state index contributed by atoms with van der Waals surface area (Å²) in [5.74, 6) is -2.11. The Kier molecular flexibility index (Phi) is 16.1. The number of fused-ring (bicyclic) bond motifs is 1. The lowest BCUT2D eigenvalue weighted by atomic mass is 9.96. The summed E-state index contributed by atoms with van der Waals surface area (Å²) in [5, 5.41) is 139. The predicted octanol–water partition coefficient (Wildman–Crippen LogP) is -4.87. The van der Waals surface area contributed by atoms with Crippen molar-refractivity contribution in [1.29, 1.82) is 0 Å². The second kappa shape index (κ2) is 21.3. The molecule has 5 heterocycles. The third-order valence-corrected chi connectivity index (χ3v) is 11.9. The molecule has 0 saturated carbocycles. The number of carbonyl (C=O) groups is 1. The van der Waals surface area contributed by atoms with Gasteiger partial charge in [0.1, 0.15) is 120 Å². The van der Waals surface area contributed by atoms with Crippen molar-refractivity contribution in [1.82, 2.24) is 0 Å². The average Bonchev–Trinajstić information content (AvgIpc) is 3.30. The summed E-state index contributed by atoms with van der Waals surface area (Å²) in [6.07, 6.45) is -36.5. The van der Waals surface area contributed by atoms with Crippen LogP contribution in [-0.2, 0) is 42.7 Å². The summed E-state index contributed by atoms with van der Waals surface area (Å²) in [6, 6.07) is 7.29. The molecule has 0 aliphatic carbocycles. The van der Waals surface area contributed by atoms with Gasteiger partial charge in [0.05, 0.1) is 26.4 Å². The summed E-state index contributed by atoms with van der Waals surface area (Å²) in [7, 11) is 1.33. The molecule has 2 aromatic carbocycles. The Morgan fingerprint density at radius 1 is 0.632 bits per heavy atom. The van der Waals surface area contributed by atoms with Crippen molar-refractivity contribution in [3.8, 4) is 34.3 Å². The maximum absolute atomic E-state index is 13.3. The third-order valence-electron chi connectivity index (χ3n) is 11.9. The molecular formula is C42H54O26. The SMILES string of the molecule is COc1ccc(-c2cc(=O)c3c(O)cc(O[C@@H]4O[C@H](CO[C@@H]5O[C@@H](C)[C@H](O)[C@@H](O)[C@H]5O)[C@@H](O)[C@H](O)[C@H]4O[C@@H]4O[C@H](COC(C)=O)[C@@H](O)[C@H](O)[C@H]4O[C@@H]4O[C@H](CO)[C@@H](O)[C@H](O)[C@H]4O)cc3o2)cc1O. The number of hydrogen-bond acceptors (Lipinski definition) is 26. The van der Waals surface area contributed by atoms with Crippen molar-refractivity contribution in [3.05, 3.63) is 46.6 Å². The van der Waals surface area contributed by atoms with E-state index in [4.69, 9.17) is 51.8 Å². The highest BCUT2D eigenvalue weighted by Crippen LogP contribution is 2.38. The van der Waals surface area contributed by atoms with Crippen LogP contribution in [0.15, 0.2) is 45.6 Å². The third kappa shape index (κ3) is 10.5. The monoisotopic (exact) mass is 974 g/mol. The van der Waals surface area contributed by atoms with Crippen molar-refractivity contribution in [3.63, 3.8) is 0 Å². The van der Waals surface area contributed by atoms with E-state index < -0.39 is 160 Å². The largest absolute Gasteiger partial charge is 0.507 e. The van der Waals surface area contributed by atoms with Crippen molar-refractivity contribution in [2.24, 2.45) is 0 Å². The van der Waals surface area contributed by atoms with E-state index in [0.717, 1.165) is 25.1 Å². The van der Waals surface area contributed by atoms with Gasteiger partial charge >= 0.3 is 5.97 Å². The van der Waals surface area contributed by atoms with Crippen LogP contribution in [0, 0.1) is 0 Å². The number of carbonyl (C=O) groups excluding carboxylic acids is 1. The lowest BCUT2D eigenvalue weighted by Crippen LogP contribution is -2.67. The fraction of sp³-hybridized carbons (Fsp3) is 0.619. The van der Waals surface area contributed by atoms with Crippen LogP contribution in [0.3, 0.4) is 0 Å². The van der Waals surface area contributed by atoms with Gasteiger partial charge in [-0.15, -0.1) is 0 Å². The van der Waals surface area contributed by atoms with E-state index in [0.29, 0.717) is 0 Å². The normalized spacial score (nSPS) is 38.8. The van der Waals surface area contributed by atoms with Gasteiger partial charge < -0.3 is 118 Å². The molecule has 4 saturated heterocycles. The van der Waals surface area contributed by atoms with Crippen LogP contribution < -0.4 is 14.9 Å². The van der Waals surface area contributed by atoms with Gasteiger partial charge in [-0.05, 0) is 25.1 Å². The summed E-state index contributed by atoms with van der Waals surface area (Å²) >= 11 is 0. The van der Waals surface area contributed by atoms with E-state index in [1.54, 1.807) is 0 Å². The minimum absolute atomic E-state index is 0.0779.